The van der Waals surface area contributed by atoms with E-state index in [1.54, 1.807) is 0 Å². The molecule has 2 nitrogen and oxygen atoms in total. The van der Waals surface area contributed by atoms with Crippen LogP contribution in [0.15, 0.2) is 16.8 Å². The normalized spacial score (nSPS) is 45.6. The van der Waals surface area contributed by atoms with Crippen molar-refractivity contribution in [2.45, 2.75) is 105 Å². The lowest BCUT2D eigenvalue weighted by Crippen LogP contribution is -2.53. The van der Waals surface area contributed by atoms with E-state index in [1.165, 1.54) is 44.9 Å². The molecule has 0 aromatic rings. The molecule has 4 aliphatic carbocycles. The molecule has 8 atom stereocenters. The summed E-state index contributed by atoms with van der Waals surface area (Å²) in [5.74, 6) is 4.24. The number of rotatable bonds is 5. The summed E-state index contributed by atoms with van der Waals surface area (Å²) < 4.78 is 15.5. The van der Waals surface area contributed by atoms with Gasteiger partial charge in [-0.3, -0.25) is 0 Å². The molecule has 170 valence electrons. The predicted molar refractivity (Wildman–Crippen MR) is 123 cm³/mol. The van der Waals surface area contributed by atoms with Crippen molar-refractivity contribution >= 4 is 5.71 Å². The minimum atomic E-state index is -0.863. The summed E-state index contributed by atoms with van der Waals surface area (Å²) >= 11 is 0. The van der Waals surface area contributed by atoms with E-state index in [9.17, 15) is 5.21 Å². The fourth-order valence-electron chi connectivity index (χ4n) is 8.67. The summed E-state index contributed by atoms with van der Waals surface area (Å²) in [6, 6.07) is 0. The molecular weight excluding hydrogens is 373 g/mol. The van der Waals surface area contributed by atoms with Crippen LogP contribution < -0.4 is 0 Å². The van der Waals surface area contributed by atoms with Gasteiger partial charge in [-0.2, -0.15) is 0 Å². The molecule has 30 heavy (non-hydrogen) atoms. The lowest BCUT2D eigenvalue weighted by molar-refractivity contribution is -0.0712. The molecule has 3 heteroatoms. The van der Waals surface area contributed by atoms with E-state index in [0.29, 0.717) is 35.3 Å². The van der Waals surface area contributed by atoms with Gasteiger partial charge in [-0.25, -0.2) is 4.39 Å². The number of fused-ring (bicyclic) bond motifs is 5. The Morgan fingerprint density at radius 3 is 2.57 bits per heavy atom. The summed E-state index contributed by atoms with van der Waals surface area (Å²) in [4.78, 5) is 0. The van der Waals surface area contributed by atoms with Crippen molar-refractivity contribution in [3.63, 3.8) is 0 Å². The largest absolute Gasteiger partial charge is 0.411 e. The molecule has 3 saturated carbocycles. The highest BCUT2D eigenvalue weighted by atomic mass is 19.1. The van der Waals surface area contributed by atoms with Gasteiger partial charge < -0.3 is 5.21 Å². The second-order valence-electron chi connectivity index (χ2n) is 12.2. The van der Waals surface area contributed by atoms with Crippen LogP contribution in [0, 0.1) is 46.3 Å². The smallest absolute Gasteiger partial charge is 0.122 e. The van der Waals surface area contributed by atoms with Crippen molar-refractivity contribution in [1.82, 2.24) is 0 Å². The highest BCUT2D eigenvalue weighted by Gasteiger charge is 2.61. The maximum atomic E-state index is 15.5. The van der Waals surface area contributed by atoms with E-state index in [4.69, 9.17) is 0 Å². The monoisotopic (exact) mass is 417 g/mol. The molecule has 0 spiro atoms. The van der Waals surface area contributed by atoms with Crippen LogP contribution >= 0.6 is 0 Å². The van der Waals surface area contributed by atoms with Crippen molar-refractivity contribution in [3.05, 3.63) is 11.6 Å². The second-order valence-corrected chi connectivity index (χ2v) is 12.2. The van der Waals surface area contributed by atoms with Crippen molar-refractivity contribution in [2.24, 2.45) is 51.5 Å². The summed E-state index contributed by atoms with van der Waals surface area (Å²) in [6.07, 6.45) is 12.7. The van der Waals surface area contributed by atoms with Crippen molar-refractivity contribution in [3.8, 4) is 0 Å². The molecule has 0 aliphatic heterocycles. The van der Waals surface area contributed by atoms with Crippen LogP contribution in [-0.2, 0) is 0 Å². The van der Waals surface area contributed by atoms with Gasteiger partial charge in [0.05, 0.1) is 5.71 Å². The zero-order chi connectivity index (χ0) is 21.7. The fraction of sp³-hybridized carbons (Fsp3) is 0.889. The first-order valence-electron chi connectivity index (χ1n) is 12.8. The van der Waals surface area contributed by atoms with E-state index < -0.39 is 6.17 Å². The Balaban J connectivity index is 1.53. The maximum Gasteiger partial charge on any atom is 0.122 e. The Labute approximate surface area is 183 Å². The number of oxime groups is 1. The molecule has 3 unspecified atom stereocenters. The SMILES string of the molecule is CC(C)CCC[C@@H](C)[C@H]1CCC2C3C[C@@H](F)C4=CC(=NO)CC[C@]4(C)C3CC[C@@]21C. The molecule has 0 saturated heterocycles. The van der Waals surface area contributed by atoms with Crippen LogP contribution in [0.3, 0.4) is 0 Å². The van der Waals surface area contributed by atoms with E-state index in [1.807, 2.05) is 6.08 Å². The molecule has 0 aromatic carbocycles. The third-order valence-corrected chi connectivity index (χ3v) is 10.3. The lowest BCUT2D eigenvalue weighted by Gasteiger charge is -2.59. The Bertz CT molecular complexity index is 699. The van der Waals surface area contributed by atoms with Gasteiger partial charge in [-0.15, -0.1) is 0 Å². The standard InChI is InChI=1S/C27H44FNO/c1-17(2)7-6-8-18(3)21-9-10-22-20-16-25(28)24-15-19(29-30)11-13-27(24,5)23(20)12-14-26(21,22)4/h15,17-18,20-23,25,30H,6-14,16H2,1-5H3/t18-,20?,21-,22?,23?,25-,26-,27-/m1/s1. The fourth-order valence-corrected chi connectivity index (χ4v) is 8.67. The molecular formula is C27H44FNO. The molecule has 0 amide bonds. The number of hydrogen-bond acceptors (Lipinski definition) is 2. The second kappa shape index (κ2) is 8.24. The summed E-state index contributed by atoms with van der Waals surface area (Å²) in [5, 5.41) is 12.6. The number of allylic oxidation sites excluding steroid dienone is 2. The average Bonchev–Trinajstić information content (AvgIpc) is 3.05. The third kappa shape index (κ3) is 3.56. The van der Waals surface area contributed by atoms with E-state index in [-0.39, 0.29) is 5.41 Å². The van der Waals surface area contributed by atoms with E-state index >= 15 is 4.39 Å². The summed E-state index contributed by atoms with van der Waals surface area (Å²) in [5.41, 5.74) is 1.96. The van der Waals surface area contributed by atoms with Gasteiger partial charge in [0.15, 0.2) is 0 Å². The zero-order valence-corrected chi connectivity index (χ0v) is 20.0. The molecule has 0 aromatic heterocycles. The summed E-state index contributed by atoms with van der Waals surface area (Å²) in [6.45, 7) is 12.1. The van der Waals surface area contributed by atoms with Gasteiger partial charge in [0, 0.05) is 0 Å². The minimum absolute atomic E-state index is 0.0428. The Morgan fingerprint density at radius 2 is 1.87 bits per heavy atom. The van der Waals surface area contributed by atoms with Crippen LogP contribution in [0.1, 0.15) is 98.8 Å². The van der Waals surface area contributed by atoms with E-state index in [0.717, 1.165) is 36.2 Å². The quantitative estimate of drug-likeness (QED) is 0.359. The molecule has 0 radical (unpaired) electrons. The average molecular weight is 418 g/mol. The van der Waals surface area contributed by atoms with Crippen LogP contribution in [0.25, 0.3) is 0 Å². The first-order valence-corrected chi connectivity index (χ1v) is 12.8. The van der Waals surface area contributed by atoms with Crippen LogP contribution in [0.2, 0.25) is 0 Å². The Morgan fingerprint density at radius 1 is 1.10 bits per heavy atom. The lowest BCUT2D eigenvalue weighted by atomic mass is 9.46. The van der Waals surface area contributed by atoms with Gasteiger partial charge in [0.25, 0.3) is 0 Å². The Kier molecular flexibility index (Phi) is 6.14. The van der Waals surface area contributed by atoms with Crippen LogP contribution in [0.4, 0.5) is 4.39 Å². The first-order chi connectivity index (χ1) is 14.2. The number of hydrogen-bond donors (Lipinski definition) is 1. The molecule has 0 bridgehead atoms. The maximum absolute atomic E-state index is 15.5. The van der Waals surface area contributed by atoms with Gasteiger partial charge in [0.1, 0.15) is 6.17 Å². The number of nitrogens with zero attached hydrogens (tertiary/aromatic N) is 1. The van der Waals surface area contributed by atoms with Gasteiger partial charge in [0.2, 0.25) is 0 Å². The molecule has 4 rings (SSSR count). The molecule has 1 N–H and O–H groups in total. The predicted octanol–water partition coefficient (Wildman–Crippen LogP) is 7.81. The van der Waals surface area contributed by atoms with Gasteiger partial charge in [-0.05, 0) is 103 Å². The van der Waals surface area contributed by atoms with Crippen LogP contribution in [-0.4, -0.2) is 17.1 Å². The number of halogens is 1. The minimum Gasteiger partial charge on any atom is -0.411 e. The van der Waals surface area contributed by atoms with Gasteiger partial charge in [-0.1, -0.05) is 59.0 Å². The Hall–Kier alpha value is -0.860. The zero-order valence-electron chi connectivity index (χ0n) is 20.0. The highest BCUT2D eigenvalue weighted by Crippen LogP contribution is 2.68. The van der Waals surface area contributed by atoms with Crippen molar-refractivity contribution in [1.29, 1.82) is 0 Å². The topological polar surface area (TPSA) is 32.6 Å². The third-order valence-electron chi connectivity index (χ3n) is 10.3. The van der Waals surface area contributed by atoms with Gasteiger partial charge >= 0.3 is 0 Å². The highest BCUT2D eigenvalue weighted by molar-refractivity contribution is 5.96. The van der Waals surface area contributed by atoms with Crippen molar-refractivity contribution < 1.29 is 9.60 Å². The molecule has 4 aliphatic rings. The molecule has 3 fully saturated rings. The molecule has 0 heterocycles. The number of alkyl halides is 1. The van der Waals surface area contributed by atoms with E-state index in [2.05, 4.69) is 39.8 Å². The van der Waals surface area contributed by atoms with Crippen molar-refractivity contribution in [2.75, 3.05) is 0 Å². The van der Waals surface area contributed by atoms with Crippen LogP contribution in [0.5, 0.6) is 0 Å². The summed E-state index contributed by atoms with van der Waals surface area (Å²) in [7, 11) is 0. The first kappa shape index (κ1) is 22.3.